The molecule has 0 radical (unpaired) electrons. The van der Waals surface area contributed by atoms with Crippen molar-refractivity contribution in [3.63, 3.8) is 0 Å². The maximum Gasteiger partial charge on any atom is 0.130 e. The molecular formula is C24H20O. The van der Waals surface area contributed by atoms with Crippen LogP contribution in [0, 0.1) is 0 Å². The molecule has 25 heavy (non-hydrogen) atoms. The highest BCUT2D eigenvalue weighted by molar-refractivity contribution is 5.90. The quantitative estimate of drug-likeness (QED) is 0.417. The maximum atomic E-state index is 5.88. The number of fused-ring (bicyclic) bond motifs is 1. The summed E-state index contributed by atoms with van der Waals surface area (Å²) in [5.74, 6) is 1.10. The Bertz CT molecular complexity index is 935. The molecule has 0 amide bonds. The maximum absolute atomic E-state index is 5.88. The van der Waals surface area contributed by atoms with Crippen LogP contribution >= 0.6 is 0 Å². The minimum Gasteiger partial charge on any atom is -0.496 e. The average Bonchev–Trinajstić information content (AvgIpc) is 2.69. The minimum atomic E-state index is 0.141. The number of methoxy groups -OCH3 is 1. The number of hydrogen-bond donors (Lipinski definition) is 0. The standard InChI is InChI=1S/C24H20O/c1-25-24-21-15-9-8-10-18(21)16-17-22(24)23(19-11-4-2-5-12-19)20-13-6-3-7-14-20/h2-17,23H,1H3. The lowest BCUT2D eigenvalue weighted by Crippen LogP contribution is -2.05. The zero-order chi connectivity index (χ0) is 17.1. The van der Waals surface area contributed by atoms with Crippen LogP contribution in [0.15, 0.2) is 97.1 Å². The molecule has 0 aromatic heterocycles. The van der Waals surface area contributed by atoms with Gasteiger partial charge in [0.05, 0.1) is 7.11 Å². The molecule has 0 aliphatic carbocycles. The van der Waals surface area contributed by atoms with Crippen LogP contribution in [0.3, 0.4) is 0 Å². The van der Waals surface area contributed by atoms with Gasteiger partial charge in [0.15, 0.2) is 0 Å². The van der Waals surface area contributed by atoms with E-state index in [0.29, 0.717) is 0 Å². The largest absolute Gasteiger partial charge is 0.496 e. The van der Waals surface area contributed by atoms with Crippen LogP contribution in [-0.4, -0.2) is 7.11 Å². The molecule has 0 atom stereocenters. The first-order chi connectivity index (χ1) is 12.4. The monoisotopic (exact) mass is 324 g/mol. The van der Waals surface area contributed by atoms with Crippen molar-refractivity contribution in [1.29, 1.82) is 0 Å². The highest BCUT2D eigenvalue weighted by Gasteiger charge is 2.21. The second kappa shape index (κ2) is 6.82. The molecule has 4 rings (SSSR count). The van der Waals surface area contributed by atoms with E-state index in [1.807, 2.05) is 0 Å². The second-order valence-electron chi connectivity index (χ2n) is 6.16. The highest BCUT2D eigenvalue weighted by Crippen LogP contribution is 2.40. The summed E-state index contributed by atoms with van der Waals surface area (Å²) < 4.78 is 5.88. The Morgan fingerprint density at radius 2 is 1.16 bits per heavy atom. The Morgan fingerprint density at radius 1 is 0.600 bits per heavy atom. The Kier molecular flexibility index (Phi) is 4.22. The van der Waals surface area contributed by atoms with Gasteiger partial charge >= 0.3 is 0 Å². The molecular weight excluding hydrogens is 304 g/mol. The Morgan fingerprint density at radius 3 is 1.76 bits per heavy atom. The van der Waals surface area contributed by atoms with Crippen molar-refractivity contribution in [3.8, 4) is 5.75 Å². The molecule has 4 aromatic rings. The van der Waals surface area contributed by atoms with E-state index in [2.05, 4.69) is 97.1 Å². The normalized spacial score (nSPS) is 11.0. The minimum absolute atomic E-state index is 0.141. The van der Waals surface area contributed by atoms with Crippen molar-refractivity contribution in [2.45, 2.75) is 5.92 Å². The fourth-order valence-electron chi connectivity index (χ4n) is 3.56. The van der Waals surface area contributed by atoms with Crippen molar-refractivity contribution in [2.75, 3.05) is 7.11 Å². The van der Waals surface area contributed by atoms with Crippen LogP contribution in [-0.2, 0) is 0 Å². The van der Waals surface area contributed by atoms with Gasteiger partial charge < -0.3 is 4.74 Å². The van der Waals surface area contributed by atoms with Crippen LogP contribution < -0.4 is 4.74 Å². The Balaban J connectivity index is 1.98. The van der Waals surface area contributed by atoms with E-state index in [-0.39, 0.29) is 5.92 Å². The summed E-state index contributed by atoms with van der Waals surface area (Å²) in [5.41, 5.74) is 3.73. The van der Waals surface area contributed by atoms with E-state index in [4.69, 9.17) is 4.74 Å². The molecule has 0 aliphatic rings. The second-order valence-corrected chi connectivity index (χ2v) is 6.16. The zero-order valence-electron chi connectivity index (χ0n) is 14.2. The van der Waals surface area contributed by atoms with Crippen molar-refractivity contribution in [1.82, 2.24) is 0 Å². The molecule has 4 aromatic carbocycles. The van der Waals surface area contributed by atoms with Crippen LogP contribution in [0.1, 0.15) is 22.6 Å². The van der Waals surface area contributed by atoms with Crippen molar-refractivity contribution < 1.29 is 4.74 Å². The molecule has 1 heteroatoms. The van der Waals surface area contributed by atoms with Crippen molar-refractivity contribution in [3.05, 3.63) is 114 Å². The third-order valence-corrected chi connectivity index (χ3v) is 4.69. The van der Waals surface area contributed by atoms with Gasteiger partial charge in [0.1, 0.15) is 5.75 Å². The Labute approximate surface area is 148 Å². The molecule has 122 valence electrons. The summed E-state index contributed by atoms with van der Waals surface area (Å²) in [6.45, 7) is 0. The molecule has 0 spiro atoms. The zero-order valence-corrected chi connectivity index (χ0v) is 14.2. The highest BCUT2D eigenvalue weighted by atomic mass is 16.5. The summed E-state index contributed by atoms with van der Waals surface area (Å²) >= 11 is 0. The van der Waals surface area contributed by atoms with Crippen LogP contribution in [0.4, 0.5) is 0 Å². The molecule has 0 fully saturated rings. The summed E-state index contributed by atoms with van der Waals surface area (Å²) in [5, 5.41) is 2.35. The number of ether oxygens (including phenoxy) is 1. The first kappa shape index (κ1) is 15.5. The summed E-state index contributed by atoms with van der Waals surface area (Å²) in [6, 6.07) is 34.0. The first-order valence-corrected chi connectivity index (χ1v) is 8.54. The predicted octanol–water partition coefficient (Wildman–Crippen LogP) is 6.03. The average molecular weight is 324 g/mol. The molecule has 0 unspecified atom stereocenters. The van der Waals surface area contributed by atoms with Crippen LogP contribution in [0.25, 0.3) is 10.8 Å². The molecule has 1 nitrogen and oxygen atoms in total. The smallest absolute Gasteiger partial charge is 0.130 e. The number of benzene rings is 4. The topological polar surface area (TPSA) is 9.23 Å². The lowest BCUT2D eigenvalue weighted by atomic mass is 9.83. The summed E-state index contributed by atoms with van der Waals surface area (Å²) in [4.78, 5) is 0. The van der Waals surface area contributed by atoms with Crippen LogP contribution in [0.5, 0.6) is 5.75 Å². The van der Waals surface area contributed by atoms with Crippen molar-refractivity contribution in [2.24, 2.45) is 0 Å². The first-order valence-electron chi connectivity index (χ1n) is 8.54. The SMILES string of the molecule is COc1c(C(c2ccccc2)c2ccccc2)ccc2ccccc12. The van der Waals surface area contributed by atoms with E-state index in [1.165, 1.54) is 22.1 Å². The van der Waals surface area contributed by atoms with Gasteiger partial charge in [0.2, 0.25) is 0 Å². The van der Waals surface area contributed by atoms with Gasteiger partial charge in [-0.15, -0.1) is 0 Å². The lowest BCUT2D eigenvalue weighted by molar-refractivity contribution is 0.414. The molecule has 0 N–H and O–H groups in total. The molecule has 0 bridgehead atoms. The third kappa shape index (κ3) is 2.89. The predicted molar refractivity (Wildman–Crippen MR) is 104 cm³/mol. The van der Waals surface area contributed by atoms with Crippen LogP contribution in [0.2, 0.25) is 0 Å². The third-order valence-electron chi connectivity index (χ3n) is 4.69. The molecule has 0 heterocycles. The fourth-order valence-corrected chi connectivity index (χ4v) is 3.56. The van der Waals surface area contributed by atoms with E-state index < -0.39 is 0 Å². The molecule has 0 saturated carbocycles. The van der Waals surface area contributed by atoms with E-state index >= 15 is 0 Å². The number of rotatable bonds is 4. The van der Waals surface area contributed by atoms with Gasteiger partial charge in [-0.25, -0.2) is 0 Å². The number of hydrogen-bond acceptors (Lipinski definition) is 1. The van der Waals surface area contributed by atoms with Gasteiger partial charge in [-0.3, -0.25) is 0 Å². The molecule has 0 saturated heterocycles. The fraction of sp³-hybridized carbons (Fsp3) is 0.0833. The summed E-state index contributed by atoms with van der Waals surface area (Å²) in [6.07, 6.45) is 0. The van der Waals surface area contributed by atoms with E-state index in [1.54, 1.807) is 7.11 Å². The van der Waals surface area contributed by atoms with E-state index in [0.717, 1.165) is 11.1 Å². The molecule has 0 aliphatic heterocycles. The lowest BCUT2D eigenvalue weighted by Gasteiger charge is -2.22. The van der Waals surface area contributed by atoms with Gasteiger partial charge in [-0.2, -0.15) is 0 Å². The van der Waals surface area contributed by atoms with E-state index in [9.17, 15) is 0 Å². The van der Waals surface area contributed by atoms with Gasteiger partial charge in [-0.05, 0) is 16.5 Å². The van der Waals surface area contributed by atoms with Gasteiger partial charge in [-0.1, -0.05) is 97.1 Å². The van der Waals surface area contributed by atoms with Gasteiger partial charge in [0, 0.05) is 16.9 Å². The Hall–Kier alpha value is -3.06. The summed E-state index contributed by atoms with van der Waals surface area (Å²) in [7, 11) is 1.76. The van der Waals surface area contributed by atoms with Crippen molar-refractivity contribution >= 4 is 10.8 Å². The van der Waals surface area contributed by atoms with Gasteiger partial charge in [0.25, 0.3) is 0 Å².